The van der Waals surface area contributed by atoms with E-state index in [4.69, 9.17) is 4.74 Å². The van der Waals surface area contributed by atoms with Crippen molar-refractivity contribution in [2.75, 3.05) is 6.61 Å². The lowest BCUT2D eigenvalue weighted by atomic mass is 10.0. The van der Waals surface area contributed by atoms with Crippen molar-refractivity contribution >= 4 is 5.97 Å². The number of carbonyl (C=O) groups is 1. The van der Waals surface area contributed by atoms with E-state index in [-0.39, 0.29) is 11.9 Å². The molecule has 0 aliphatic heterocycles. The predicted molar refractivity (Wildman–Crippen MR) is 50.0 cm³/mol. The van der Waals surface area contributed by atoms with Gasteiger partial charge in [-0.3, -0.25) is 4.79 Å². The topological polar surface area (TPSA) is 26.3 Å². The Kier molecular flexibility index (Phi) is 2.14. The van der Waals surface area contributed by atoms with Crippen LogP contribution in [0.4, 0.5) is 0 Å². The van der Waals surface area contributed by atoms with Gasteiger partial charge in [0.05, 0.1) is 5.92 Å². The molecule has 0 radical (unpaired) electrons. The van der Waals surface area contributed by atoms with Crippen molar-refractivity contribution in [3.8, 4) is 0 Å². The number of fused-ring (bicyclic) bond motifs is 1. The molecule has 13 heavy (non-hydrogen) atoms. The number of ether oxygens (including phenoxy) is 1. The molecule has 0 spiro atoms. The number of esters is 1. The SMILES string of the molecule is C=CCOC(=O)C1C2CCC(C)C21. The Morgan fingerprint density at radius 1 is 1.62 bits per heavy atom. The van der Waals surface area contributed by atoms with E-state index < -0.39 is 0 Å². The van der Waals surface area contributed by atoms with Gasteiger partial charge in [0.1, 0.15) is 6.61 Å². The van der Waals surface area contributed by atoms with E-state index in [2.05, 4.69) is 13.5 Å². The summed E-state index contributed by atoms with van der Waals surface area (Å²) < 4.78 is 5.04. The standard InChI is InChI=1S/C11H16O2/c1-3-6-13-11(12)10-8-5-4-7(2)9(8)10/h3,7-10H,1,4-6H2,2H3. The highest BCUT2D eigenvalue weighted by Gasteiger charge is 2.60. The van der Waals surface area contributed by atoms with Crippen molar-refractivity contribution in [2.24, 2.45) is 23.7 Å². The maximum atomic E-state index is 11.5. The van der Waals surface area contributed by atoms with E-state index in [1.54, 1.807) is 6.08 Å². The first-order valence-electron chi connectivity index (χ1n) is 5.03. The predicted octanol–water partition coefficient (Wildman–Crippen LogP) is 2.01. The first kappa shape index (κ1) is 8.79. The summed E-state index contributed by atoms with van der Waals surface area (Å²) in [4.78, 5) is 11.5. The van der Waals surface area contributed by atoms with E-state index in [1.165, 1.54) is 12.8 Å². The van der Waals surface area contributed by atoms with Crippen LogP contribution < -0.4 is 0 Å². The highest BCUT2D eigenvalue weighted by Crippen LogP contribution is 2.60. The lowest BCUT2D eigenvalue weighted by Gasteiger charge is -2.07. The second kappa shape index (κ2) is 3.17. The molecule has 0 heterocycles. The zero-order chi connectivity index (χ0) is 9.42. The Morgan fingerprint density at radius 3 is 2.92 bits per heavy atom. The summed E-state index contributed by atoms with van der Waals surface area (Å²) in [6, 6.07) is 0. The van der Waals surface area contributed by atoms with Gasteiger partial charge in [0, 0.05) is 0 Å². The van der Waals surface area contributed by atoms with Gasteiger partial charge in [-0.25, -0.2) is 0 Å². The summed E-state index contributed by atoms with van der Waals surface area (Å²) >= 11 is 0. The van der Waals surface area contributed by atoms with Crippen LogP contribution in [-0.4, -0.2) is 12.6 Å². The molecule has 2 heteroatoms. The molecule has 2 aliphatic carbocycles. The molecule has 4 atom stereocenters. The van der Waals surface area contributed by atoms with Gasteiger partial charge >= 0.3 is 5.97 Å². The molecule has 2 fully saturated rings. The van der Waals surface area contributed by atoms with Gasteiger partial charge in [0.15, 0.2) is 0 Å². The fourth-order valence-electron chi connectivity index (χ4n) is 2.77. The summed E-state index contributed by atoms with van der Waals surface area (Å²) in [5, 5.41) is 0. The monoisotopic (exact) mass is 180 g/mol. The highest BCUT2D eigenvalue weighted by molar-refractivity contribution is 5.77. The maximum absolute atomic E-state index is 11.5. The minimum absolute atomic E-state index is 0.00134. The van der Waals surface area contributed by atoms with Crippen LogP contribution in [0.3, 0.4) is 0 Å². The first-order valence-corrected chi connectivity index (χ1v) is 5.03. The molecule has 2 rings (SSSR count). The molecule has 0 amide bonds. The molecule has 0 aromatic heterocycles. The Hall–Kier alpha value is -0.790. The lowest BCUT2D eigenvalue weighted by molar-refractivity contribution is -0.145. The molecule has 0 bridgehead atoms. The van der Waals surface area contributed by atoms with E-state index in [9.17, 15) is 4.79 Å². The zero-order valence-electron chi connectivity index (χ0n) is 8.03. The summed E-state index contributed by atoms with van der Waals surface area (Å²) in [5.74, 6) is 2.24. The summed E-state index contributed by atoms with van der Waals surface area (Å²) in [6.45, 7) is 6.13. The van der Waals surface area contributed by atoms with Gasteiger partial charge in [-0.1, -0.05) is 26.0 Å². The Labute approximate surface area is 79.0 Å². The molecule has 72 valence electrons. The van der Waals surface area contributed by atoms with Gasteiger partial charge in [-0.15, -0.1) is 0 Å². The number of hydrogen-bond acceptors (Lipinski definition) is 2. The molecule has 4 unspecified atom stereocenters. The third-order valence-corrected chi connectivity index (χ3v) is 3.46. The van der Waals surface area contributed by atoms with Crippen molar-refractivity contribution in [1.29, 1.82) is 0 Å². The minimum Gasteiger partial charge on any atom is -0.461 e. The smallest absolute Gasteiger partial charge is 0.309 e. The summed E-state index contributed by atoms with van der Waals surface area (Å²) in [5.41, 5.74) is 0. The Bertz CT molecular complexity index is 234. The van der Waals surface area contributed by atoms with Gasteiger partial charge in [-0.05, 0) is 24.2 Å². The van der Waals surface area contributed by atoms with E-state index in [0.717, 1.165) is 5.92 Å². The zero-order valence-corrected chi connectivity index (χ0v) is 8.03. The highest BCUT2D eigenvalue weighted by atomic mass is 16.5. The quantitative estimate of drug-likeness (QED) is 0.490. The van der Waals surface area contributed by atoms with Crippen molar-refractivity contribution in [3.63, 3.8) is 0 Å². The molecule has 2 saturated carbocycles. The largest absolute Gasteiger partial charge is 0.461 e. The average Bonchev–Trinajstić information content (AvgIpc) is 2.75. The van der Waals surface area contributed by atoms with Crippen LogP contribution in [-0.2, 0) is 9.53 Å². The third-order valence-electron chi connectivity index (χ3n) is 3.46. The van der Waals surface area contributed by atoms with Crippen molar-refractivity contribution in [2.45, 2.75) is 19.8 Å². The summed E-state index contributed by atoms with van der Waals surface area (Å²) in [7, 11) is 0. The van der Waals surface area contributed by atoms with Crippen LogP contribution >= 0.6 is 0 Å². The van der Waals surface area contributed by atoms with Crippen LogP contribution in [0.15, 0.2) is 12.7 Å². The second-order valence-corrected chi connectivity index (χ2v) is 4.24. The minimum atomic E-state index is 0.00134. The van der Waals surface area contributed by atoms with Crippen LogP contribution in [0.2, 0.25) is 0 Å². The number of hydrogen-bond donors (Lipinski definition) is 0. The van der Waals surface area contributed by atoms with Gasteiger partial charge < -0.3 is 4.74 Å². The first-order chi connectivity index (χ1) is 6.25. The van der Waals surface area contributed by atoms with Crippen LogP contribution in [0.5, 0.6) is 0 Å². The molecule has 0 aromatic rings. The molecule has 2 aliphatic rings. The molecule has 0 aromatic carbocycles. The van der Waals surface area contributed by atoms with Gasteiger partial charge in [-0.2, -0.15) is 0 Å². The van der Waals surface area contributed by atoms with Crippen LogP contribution in [0.25, 0.3) is 0 Å². The van der Waals surface area contributed by atoms with E-state index >= 15 is 0 Å². The fraction of sp³-hybridized carbons (Fsp3) is 0.727. The van der Waals surface area contributed by atoms with Crippen LogP contribution in [0.1, 0.15) is 19.8 Å². The Morgan fingerprint density at radius 2 is 2.38 bits per heavy atom. The normalized spacial score (nSPS) is 41.0. The number of carbonyl (C=O) groups excluding carboxylic acids is 1. The Balaban J connectivity index is 1.85. The maximum Gasteiger partial charge on any atom is 0.309 e. The number of rotatable bonds is 3. The third kappa shape index (κ3) is 1.38. The summed E-state index contributed by atoms with van der Waals surface area (Å²) in [6.07, 6.45) is 4.14. The van der Waals surface area contributed by atoms with Crippen molar-refractivity contribution < 1.29 is 9.53 Å². The molecule has 0 saturated heterocycles. The molecular formula is C11H16O2. The lowest BCUT2D eigenvalue weighted by Crippen LogP contribution is -2.12. The van der Waals surface area contributed by atoms with Crippen LogP contribution in [0, 0.1) is 23.7 Å². The molecule has 2 nitrogen and oxygen atoms in total. The van der Waals surface area contributed by atoms with E-state index in [0.29, 0.717) is 18.4 Å². The van der Waals surface area contributed by atoms with Crippen molar-refractivity contribution in [3.05, 3.63) is 12.7 Å². The van der Waals surface area contributed by atoms with Gasteiger partial charge in [0.2, 0.25) is 0 Å². The van der Waals surface area contributed by atoms with Crippen molar-refractivity contribution in [1.82, 2.24) is 0 Å². The molecular weight excluding hydrogens is 164 g/mol. The van der Waals surface area contributed by atoms with E-state index in [1.807, 2.05) is 0 Å². The fourth-order valence-corrected chi connectivity index (χ4v) is 2.77. The molecule has 0 N–H and O–H groups in total. The van der Waals surface area contributed by atoms with Gasteiger partial charge in [0.25, 0.3) is 0 Å². The average molecular weight is 180 g/mol. The second-order valence-electron chi connectivity index (χ2n) is 4.24.